The van der Waals surface area contributed by atoms with Gasteiger partial charge < -0.3 is 10.4 Å². The smallest absolute Gasteiger partial charge is 0.272 e. The number of aromatic amines is 1. The van der Waals surface area contributed by atoms with Crippen LogP contribution in [-0.2, 0) is 13.1 Å². The van der Waals surface area contributed by atoms with Crippen LogP contribution in [0.25, 0.3) is 10.8 Å². The molecular formula is C23H23N7O2. The summed E-state index contributed by atoms with van der Waals surface area (Å²) in [6, 6.07) is 13.8. The SMILES string of the molecule is CNCc1ccc(C2C=Nc3cccc4c(=O)[nH]nc(c34)C2c2ncnn2CCO)cc1. The van der Waals surface area contributed by atoms with Gasteiger partial charge in [-0.1, -0.05) is 30.3 Å². The maximum Gasteiger partial charge on any atom is 0.272 e. The highest BCUT2D eigenvalue weighted by Gasteiger charge is 2.35. The lowest BCUT2D eigenvalue weighted by Gasteiger charge is -2.24. The zero-order chi connectivity index (χ0) is 22.1. The van der Waals surface area contributed by atoms with Crippen LogP contribution >= 0.6 is 0 Å². The highest BCUT2D eigenvalue weighted by Crippen LogP contribution is 2.43. The minimum absolute atomic E-state index is 0.0639. The van der Waals surface area contributed by atoms with Crippen LogP contribution in [0.15, 0.2) is 58.6 Å². The summed E-state index contributed by atoms with van der Waals surface area (Å²) in [4.78, 5) is 21.8. The molecule has 1 aliphatic rings. The standard InChI is InChI=1S/C23H23N7O2/c1-24-11-14-5-7-15(8-6-14)17-12-25-18-4-2-3-16-19(18)21(28-29-23(16)32)20(17)22-26-13-27-30(22)9-10-31/h2-8,12-13,17,20,24,31H,9-11H2,1H3,(H,29,32). The zero-order valence-corrected chi connectivity index (χ0v) is 17.6. The molecule has 32 heavy (non-hydrogen) atoms. The topological polar surface area (TPSA) is 121 Å². The van der Waals surface area contributed by atoms with Crippen LogP contribution in [0.5, 0.6) is 0 Å². The molecule has 0 aliphatic carbocycles. The van der Waals surface area contributed by atoms with Gasteiger partial charge in [-0.3, -0.25) is 9.79 Å². The van der Waals surface area contributed by atoms with Gasteiger partial charge in [0.05, 0.1) is 35.8 Å². The molecule has 3 heterocycles. The molecule has 5 rings (SSSR count). The number of nitrogens with one attached hydrogen (secondary N) is 2. The summed E-state index contributed by atoms with van der Waals surface area (Å²) >= 11 is 0. The summed E-state index contributed by atoms with van der Waals surface area (Å²) in [5.74, 6) is 0.104. The van der Waals surface area contributed by atoms with Gasteiger partial charge in [0.1, 0.15) is 12.2 Å². The van der Waals surface area contributed by atoms with Gasteiger partial charge in [-0.25, -0.2) is 14.8 Å². The first-order chi connectivity index (χ1) is 15.7. The van der Waals surface area contributed by atoms with E-state index in [1.807, 2.05) is 25.4 Å². The Kier molecular flexibility index (Phi) is 5.34. The number of hydrogen-bond acceptors (Lipinski definition) is 7. The van der Waals surface area contributed by atoms with Gasteiger partial charge in [0.25, 0.3) is 5.56 Å². The van der Waals surface area contributed by atoms with Crippen molar-refractivity contribution in [2.24, 2.45) is 4.99 Å². The maximum absolute atomic E-state index is 12.5. The third-order valence-corrected chi connectivity index (χ3v) is 5.83. The largest absolute Gasteiger partial charge is 0.394 e. The number of nitrogens with zero attached hydrogens (tertiary/aromatic N) is 5. The quantitative estimate of drug-likeness (QED) is 0.430. The first-order valence-electron chi connectivity index (χ1n) is 10.5. The van der Waals surface area contributed by atoms with E-state index in [2.05, 4.69) is 49.9 Å². The Morgan fingerprint density at radius 2 is 2.03 bits per heavy atom. The highest BCUT2D eigenvalue weighted by molar-refractivity contribution is 5.97. The molecule has 0 radical (unpaired) electrons. The highest BCUT2D eigenvalue weighted by atomic mass is 16.3. The van der Waals surface area contributed by atoms with Gasteiger partial charge >= 0.3 is 0 Å². The molecule has 4 aromatic rings. The average Bonchev–Trinajstić information content (AvgIpc) is 3.19. The normalized spacial score (nSPS) is 17.6. The Bertz CT molecular complexity index is 1340. The second kappa shape index (κ2) is 8.45. The Morgan fingerprint density at radius 3 is 2.81 bits per heavy atom. The fourth-order valence-electron chi connectivity index (χ4n) is 4.38. The molecule has 0 spiro atoms. The van der Waals surface area contributed by atoms with Crippen molar-refractivity contribution in [3.63, 3.8) is 0 Å². The van der Waals surface area contributed by atoms with E-state index < -0.39 is 0 Å². The molecule has 162 valence electrons. The molecule has 0 saturated carbocycles. The second-order valence-corrected chi connectivity index (χ2v) is 7.76. The Hall–Kier alpha value is -3.69. The Labute approximate surface area is 183 Å². The first kappa shape index (κ1) is 20.2. The van der Waals surface area contributed by atoms with Crippen molar-refractivity contribution in [1.29, 1.82) is 0 Å². The van der Waals surface area contributed by atoms with E-state index >= 15 is 0 Å². The van der Waals surface area contributed by atoms with Crippen LogP contribution < -0.4 is 10.9 Å². The number of benzene rings is 2. The van der Waals surface area contributed by atoms with Crippen molar-refractivity contribution in [3.05, 3.63) is 81.8 Å². The molecule has 1 aliphatic heterocycles. The molecule has 9 heteroatoms. The van der Waals surface area contributed by atoms with E-state index in [4.69, 9.17) is 4.99 Å². The number of rotatable bonds is 6. The van der Waals surface area contributed by atoms with Crippen LogP contribution in [0.4, 0.5) is 5.69 Å². The summed E-state index contributed by atoms with van der Waals surface area (Å²) in [5.41, 5.74) is 3.35. The number of aliphatic hydroxyl groups is 1. The molecular weight excluding hydrogens is 406 g/mol. The van der Waals surface area contributed by atoms with Crippen LogP contribution in [0.2, 0.25) is 0 Å². The minimum atomic E-state index is -0.356. The van der Waals surface area contributed by atoms with Crippen molar-refractivity contribution in [3.8, 4) is 0 Å². The molecule has 2 unspecified atom stereocenters. The van der Waals surface area contributed by atoms with Crippen LogP contribution in [0.3, 0.4) is 0 Å². The zero-order valence-electron chi connectivity index (χ0n) is 17.6. The van der Waals surface area contributed by atoms with Gasteiger partial charge in [-0.05, 0) is 30.3 Å². The third kappa shape index (κ3) is 3.41. The minimum Gasteiger partial charge on any atom is -0.394 e. The lowest BCUT2D eigenvalue weighted by Crippen LogP contribution is -2.23. The molecule has 9 nitrogen and oxygen atoms in total. The van der Waals surface area contributed by atoms with Crippen LogP contribution in [-0.4, -0.2) is 49.9 Å². The third-order valence-electron chi connectivity index (χ3n) is 5.83. The van der Waals surface area contributed by atoms with Crippen LogP contribution in [0, 0.1) is 0 Å². The summed E-state index contributed by atoms with van der Waals surface area (Å²) in [6.07, 6.45) is 3.38. The van der Waals surface area contributed by atoms with E-state index in [9.17, 15) is 9.90 Å². The number of aliphatic imine (C=N–C) groups is 1. The van der Waals surface area contributed by atoms with Crippen LogP contribution in [0.1, 0.15) is 34.5 Å². The number of aromatic nitrogens is 5. The molecule has 0 fully saturated rings. The van der Waals surface area contributed by atoms with Gasteiger partial charge in [0.2, 0.25) is 0 Å². The van der Waals surface area contributed by atoms with Gasteiger partial charge in [-0.15, -0.1) is 0 Å². The Morgan fingerprint density at radius 1 is 1.19 bits per heavy atom. The Balaban J connectivity index is 1.75. The number of H-pyrrole nitrogens is 1. The van der Waals surface area contributed by atoms with Crippen molar-refractivity contribution in [2.45, 2.75) is 24.9 Å². The molecule has 2 atom stereocenters. The second-order valence-electron chi connectivity index (χ2n) is 7.76. The van der Waals surface area contributed by atoms with Gasteiger partial charge in [0, 0.05) is 24.1 Å². The number of aliphatic hydroxyl groups excluding tert-OH is 1. The van der Waals surface area contributed by atoms with Crippen molar-refractivity contribution in [2.75, 3.05) is 13.7 Å². The van der Waals surface area contributed by atoms with Gasteiger partial charge in [0.15, 0.2) is 0 Å². The van der Waals surface area contributed by atoms with E-state index in [1.165, 1.54) is 11.9 Å². The summed E-state index contributed by atoms with van der Waals surface area (Å²) in [5, 5.41) is 25.4. The molecule has 3 N–H and O–H groups in total. The molecule has 0 amide bonds. The summed E-state index contributed by atoms with van der Waals surface area (Å²) < 4.78 is 1.69. The van der Waals surface area contributed by atoms with Crippen molar-refractivity contribution >= 4 is 22.7 Å². The monoisotopic (exact) mass is 429 g/mol. The predicted molar refractivity (Wildman–Crippen MR) is 121 cm³/mol. The van der Waals surface area contributed by atoms with Crippen molar-refractivity contribution in [1.82, 2.24) is 30.3 Å². The fourth-order valence-corrected chi connectivity index (χ4v) is 4.38. The van der Waals surface area contributed by atoms with Gasteiger partial charge in [-0.2, -0.15) is 10.2 Å². The predicted octanol–water partition coefficient (Wildman–Crippen LogP) is 1.86. The fraction of sp³-hybridized carbons (Fsp3) is 0.261. The number of hydrogen-bond donors (Lipinski definition) is 3. The molecule has 0 saturated heterocycles. The molecule has 2 aromatic heterocycles. The molecule has 2 aromatic carbocycles. The average molecular weight is 429 g/mol. The molecule has 0 bridgehead atoms. The summed E-state index contributed by atoms with van der Waals surface area (Å²) in [6.45, 7) is 1.03. The first-order valence-corrected chi connectivity index (χ1v) is 10.5. The maximum atomic E-state index is 12.5. The van der Waals surface area contributed by atoms with E-state index in [1.54, 1.807) is 10.7 Å². The van der Waals surface area contributed by atoms with Crippen molar-refractivity contribution < 1.29 is 5.11 Å². The van der Waals surface area contributed by atoms with E-state index in [0.29, 0.717) is 34.5 Å². The van der Waals surface area contributed by atoms with E-state index in [-0.39, 0.29) is 24.0 Å². The van der Waals surface area contributed by atoms with E-state index in [0.717, 1.165) is 12.1 Å². The lowest BCUT2D eigenvalue weighted by molar-refractivity contribution is 0.266. The lowest BCUT2D eigenvalue weighted by atomic mass is 9.82. The summed E-state index contributed by atoms with van der Waals surface area (Å²) in [7, 11) is 1.92.